The highest BCUT2D eigenvalue weighted by molar-refractivity contribution is 7.26. The molecule has 0 aliphatic heterocycles. The number of nitrogens with zero attached hydrogens (tertiary/aromatic N) is 3. The first-order valence-electron chi connectivity index (χ1n) is 16.8. The lowest BCUT2D eigenvalue weighted by Crippen LogP contribution is -2.00. The summed E-state index contributed by atoms with van der Waals surface area (Å²) in [4.78, 5) is 15.7. The molecule has 4 aromatic heterocycles. The number of thiophene rings is 3. The van der Waals surface area contributed by atoms with Crippen molar-refractivity contribution >= 4 is 94.5 Å². The van der Waals surface area contributed by atoms with Crippen molar-refractivity contribution < 1.29 is 0 Å². The summed E-state index contributed by atoms with van der Waals surface area (Å²) >= 11 is 5.46. The van der Waals surface area contributed by atoms with Gasteiger partial charge >= 0.3 is 0 Å². The predicted molar refractivity (Wildman–Crippen MR) is 220 cm³/mol. The van der Waals surface area contributed by atoms with Crippen LogP contribution in [-0.4, -0.2) is 15.0 Å². The number of rotatable bonds is 4. The molecule has 0 aliphatic rings. The van der Waals surface area contributed by atoms with E-state index in [9.17, 15) is 0 Å². The minimum Gasteiger partial charge on any atom is -0.208 e. The van der Waals surface area contributed by atoms with E-state index < -0.39 is 0 Å². The van der Waals surface area contributed by atoms with E-state index in [2.05, 4.69) is 152 Å². The molecule has 0 radical (unpaired) electrons. The standard InChI is InChI=1S/C45H25N3S3/c1-4-17-35-30(12-1)31-23-22-28(25-40(31)51-35)44-46-43(47-45(48-44)34-16-9-21-39-42(34)33-14-3-6-19-37(33)50-39)27-11-7-10-26(24-27)29-15-8-20-38-41(29)32-13-2-5-18-36(32)49-38/h1-25H. The Balaban J connectivity index is 1.14. The largest absolute Gasteiger partial charge is 0.208 e. The van der Waals surface area contributed by atoms with E-state index in [0.29, 0.717) is 17.5 Å². The Morgan fingerprint density at radius 1 is 0.294 bits per heavy atom. The van der Waals surface area contributed by atoms with Crippen molar-refractivity contribution in [1.82, 2.24) is 15.0 Å². The summed E-state index contributed by atoms with van der Waals surface area (Å²) < 4.78 is 7.57. The maximum atomic E-state index is 5.26. The second kappa shape index (κ2) is 11.4. The summed E-state index contributed by atoms with van der Waals surface area (Å²) in [5, 5.41) is 7.52. The smallest absolute Gasteiger partial charge is 0.164 e. The van der Waals surface area contributed by atoms with Gasteiger partial charge in [0.15, 0.2) is 17.5 Å². The summed E-state index contributed by atoms with van der Waals surface area (Å²) in [6.45, 7) is 0. The van der Waals surface area contributed by atoms with Crippen LogP contribution in [-0.2, 0) is 0 Å². The first-order valence-corrected chi connectivity index (χ1v) is 19.3. The van der Waals surface area contributed by atoms with E-state index in [1.54, 1.807) is 0 Å². The quantitative estimate of drug-likeness (QED) is 0.183. The Morgan fingerprint density at radius 2 is 0.765 bits per heavy atom. The van der Waals surface area contributed by atoms with Gasteiger partial charge < -0.3 is 0 Å². The van der Waals surface area contributed by atoms with E-state index in [0.717, 1.165) is 22.3 Å². The minimum atomic E-state index is 0.659. The third kappa shape index (κ3) is 4.65. The number of aromatic nitrogens is 3. The van der Waals surface area contributed by atoms with Gasteiger partial charge in [0.25, 0.3) is 0 Å². The highest BCUT2D eigenvalue weighted by Gasteiger charge is 2.19. The van der Waals surface area contributed by atoms with Crippen LogP contribution in [0.5, 0.6) is 0 Å². The van der Waals surface area contributed by atoms with Crippen LogP contribution in [0.1, 0.15) is 0 Å². The Bertz CT molecular complexity index is 3170. The van der Waals surface area contributed by atoms with Gasteiger partial charge in [-0.25, -0.2) is 15.0 Å². The van der Waals surface area contributed by atoms with Gasteiger partial charge in [-0.2, -0.15) is 0 Å². The summed E-state index contributed by atoms with van der Waals surface area (Å²) in [7, 11) is 0. The molecular weight excluding hydrogens is 679 g/mol. The molecule has 11 aromatic rings. The molecule has 7 aromatic carbocycles. The molecule has 6 heteroatoms. The summed E-state index contributed by atoms with van der Waals surface area (Å²) in [6, 6.07) is 54.3. The van der Waals surface area contributed by atoms with Gasteiger partial charge in [-0.1, -0.05) is 109 Å². The zero-order chi connectivity index (χ0) is 33.5. The molecule has 0 fully saturated rings. The number of benzene rings is 7. The molecule has 4 heterocycles. The van der Waals surface area contributed by atoms with Gasteiger partial charge in [0.2, 0.25) is 0 Å². The maximum absolute atomic E-state index is 5.26. The van der Waals surface area contributed by atoms with Crippen LogP contribution in [0.25, 0.3) is 106 Å². The molecule has 0 saturated heterocycles. The van der Waals surface area contributed by atoms with Crippen LogP contribution in [0, 0.1) is 0 Å². The molecule has 238 valence electrons. The monoisotopic (exact) mass is 703 g/mol. The number of fused-ring (bicyclic) bond motifs is 9. The molecule has 0 N–H and O–H groups in total. The van der Waals surface area contributed by atoms with E-state index in [1.807, 2.05) is 34.0 Å². The lowest BCUT2D eigenvalue weighted by atomic mass is 9.98. The van der Waals surface area contributed by atoms with E-state index in [-0.39, 0.29) is 0 Å². The van der Waals surface area contributed by atoms with Crippen LogP contribution in [0.3, 0.4) is 0 Å². The first-order chi connectivity index (χ1) is 25.2. The average Bonchev–Trinajstić information content (AvgIpc) is 3.88. The fourth-order valence-corrected chi connectivity index (χ4v) is 10.8. The zero-order valence-electron chi connectivity index (χ0n) is 27.0. The second-order valence-corrected chi connectivity index (χ2v) is 16.0. The van der Waals surface area contributed by atoms with Crippen LogP contribution in [0.15, 0.2) is 152 Å². The van der Waals surface area contributed by atoms with E-state index in [4.69, 9.17) is 15.0 Å². The lowest BCUT2D eigenvalue weighted by molar-refractivity contribution is 1.08. The third-order valence-electron chi connectivity index (χ3n) is 9.75. The third-order valence-corrected chi connectivity index (χ3v) is 13.2. The van der Waals surface area contributed by atoms with Gasteiger partial charge in [-0.3, -0.25) is 0 Å². The SMILES string of the molecule is c1cc(-c2nc(-c3ccc4c(c3)sc3ccccc34)nc(-c3cccc4sc5ccccc5c34)n2)cc(-c2cccc3sc4ccccc4c23)c1. The van der Waals surface area contributed by atoms with Crippen LogP contribution in [0.2, 0.25) is 0 Å². The molecule has 51 heavy (non-hydrogen) atoms. The number of hydrogen-bond donors (Lipinski definition) is 0. The average molecular weight is 704 g/mol. The summed E-state index contributed by atoms with van der Waals surface area (Å²) in [5.74, 6) is 2.01. The van der Waals surface area contributed by atoms with Crippen molar-refractivity contribution in [2.75, 3.05) is 0 Å². The van der Waals surface area contributed by atoms with Crippen molar-refractivity contribution in [3.8, 4) is 45.3 Å². The molecular formula is C45H25N3S3. The summed E-state index contributed by atoms with van der Waals surface area (Å²) in [6.07, 6.45) is 0. The fourth-order valence-electron chi connectivity index (χ4n) is 7.42. The molecule has 3 nitrogen and oxygen atoms in total. The first kappa shape index (κ1) is 29.0. The van der Waals surface area contributed by atoms with Crippen molar-refractivity contribution in [1.29, 1.82) is 0 Å². The molecule has 0 saturated carbocycles. The predicted octanol–water partition coefficient (Wildman–Crippen LogP) is 13.6. The van der Waals surface area contributed by atoms with Crippen molar-refractivity contribution in [2.45, 2.75) is 0 Å². The van der Waals surface area contributed by atoms with Gasteiger partial charge in [0.1, 0.15) is 0 Å². The Labute approximate surface area is 304 Å². The minimum absolute atomic E-state index is 0.659. The zero-order valence-corrected chi connectivity index (χ0v) is 29.4. The molecule has 0 atom stereocenters. The van der Waals surface area contributed by atoms with Crippen LogP contribution in [0.4, 0.5) is 0 Å². The fraction of sp³-hybridized carbons (Fsp3) is 0. The summed E-state index contributed by atoms with van der Waals surface area (Å²) in [5.41, 5.74) is 5.31. The molecule has 0 spiro atoms. The van der Waals surface area contributed by atoms with Gasteiger partial charge in [0, 0.05) is 77.2 Å². The van der Waals surface area contributed by atoms with Gasteiger partial charge in [-0.15, -0.1) is 34.0 Å². The van der Waals surface area contributed by atoms with E-state index >= 15 is 0 Å². The van der Waals surface area contributed by atoms with Crippen molar-refractivity contribution in [3.05, 3.63) is 152 Å². The molecule has 0 amide bonds. The molecule has 11 rings (SSSR count). The maximum Gasteiger partial charge on any atom is 0.164 e. The van der Waals surface area contributed by atoms with Crippen molar-refractivity contribution in [3.63, 3.8) is 0 Å². The molecule has 0 aliphatic carbocycles. The lowest BCUT2D eigenvalue weighted by Gasteiger charge is -2.11. The second-order valence-electron chi connectivity index (χ2n) is 12.8. The van der Waals surface area contributed by atoms with Gasteiger partial charge in [0.05, 0.1) is 0 Å². The van der Waals surface area contributed by atoms with E-state index in [1.165, 1.54) is 66.1 Å². The number of hydrogen-bond acceptors (Lipinski definition) is 6. The topological polar surface area (TPSA) is 38.7 Å². The normalized spacial score (nSPS) is 11.9. The van der Waals surface area contributed by atoms with Crippen LogP contribution >= 0.6 is 34.0 Å². The Hall–Kier alpha value is -5.79. The van der Waals surface area contributed by atoms with Crippen LogP contribution < -0.4 is 0 Å². The van der Waals surface area contributed by atoms with Crippen molar-refractivity contribution in [2.24, 2.45) is 0 Å². The molecule has 0 bridgehead atoms. The highest BCUT2D eigenvalue weighted by Crippen LogP contribution is 2.42. The Morgan fingerprint density at radius 3 is 1.47 bits per heavy atom. The van der Waals surface area contributed by atoms with Gasteiger partial charge in [-0.05, 0) is 53.6 Å². The Kier molecular flexibility index (Phi) is 6.46. The highest BCUT2D eigenvalue weighted by atomic mass is 32.1. The molecule has 0 unspecified atom stereocenters.